The molecule has 1 aliphatic rings. The van der Waals surface area contributed by atoms with Gasteiger partial charge in [-0.2, -0.15) is 0 Å². The highest BCUT2D eigenvalue weighted by Gasteiger charge is 2.33. The second-order valence-corrected chi connectivity index (χ2v) is 7.57. The van der Waals surface area contributed by atoms with Gasteiger partial charge in [-0.15, -0.1) is 0 Å². The van der Waals surface area contributed by atoms with E-state index in [4.69, 9.17) is 0 Å². The van der Waals surface area contributed by atoms with Gasteiger partial charge in [0.25, 0.3) is 5.91 Å². The zero-order valence-electron chi connectivity index (χ0n) is 16.3. The summed E-state index contributed by atoms with van der Waals surface area (Å²) in [5.41, 5.74) is 1.84. The zero-order chi connectivity index (χ0) is 19.9. The maximum atomic E-state index is 12.8. The molecule has 0 aromatic heterocycles. The number of carboxylic acids is 1. The molecule has 0 unspecified atom stereocenters. The molecule has 5 nitrogen and oxygen atoms in total. The normalized spacial score (nSPS) is 19.2. The smallest absolute Gasteiger partial charge is 0.303 e. The van der Waals surface area contributed by atoms with Gasteiger partial charge in [-0.3, -0.25) is 9.59 Å². The fourth-order valence-electron chi connectivity index (χ4n) is 4.02. The number of rotatable bonds is 7. The lowest BCUT2D eigenvalue weighted by Gasteiger charge is -2.39. The minimum absolute atomic E-state index is 0.0378. The molecule has 1 fully saturated rings. The van der Waals surface area contributed by atoms with Crippen molar-refractivity contribution >= 4 is 17.6 Å². The Balaban J connectivity index is 1.66. The van der Waals surface area contributed by atoms with Crippen LogP contribution < -0.4 is 4.90 Å². The minimum Gasteiger partial charge on any atom is -0.481 e. The van der Waals surface area contributed by atoms with Crippen LogP contribution in [0.15, 0.2) is 60.7 Å². The number of amides is 1. The molecule has 28 heavy (non-hydrogen) atoms. The zero-order valence-corrected chi connectivity index (χ0v) is 16.3. The van der Waals surface area contributed by atoms with Gasteiger partial charge in [0.15, 0.2) is 0 Å². The number of aliphatic carboxylic acids is 1. The van der Waals surface area contributed by atoms with Crippen LogP contribution in [0.3, 0.4) is 0 Å². The van der Waals surface area contributed by atoms with Crippen LogP contribution in [0.4, 0.5) is 5.69 Å². The van der Waals surface area contributed by atoms with E-state index < -0.39 is 5.97 Å². The lowest BCUT2D eigenvalue weighted by Crippen LogP contribution is -2.45. The molecular formula is C23H28N2O3. The van der Waals surface area contributed by atoms with Crippen LogP contribution in [-0.2, 0) is 4.79 Å². The van der Waals surface area contributed by atoms with Crippen molar-refractivity contribution in [3.63, 3.8) is 0 Å². The van der Waals surface area contributed by atoms with Crippen molar-refractivity contribution in [2.45, 2.75) is 19.3 Å². The summed E-state index contributed by atoms with van der Waals surface area (Å²) in [5.74, 6) is -0.421. The van der Waals surface area contributed by atoms with Crippen molar-refractivity contribution in [3.05, 3.63) is 66.2 Å². The van der Waals surface area contributed by atoms with Crippen LogP contribution in [0.25, 0.3) is 0 Å². The van der Waals surface area contributed by atoms with Crippen molar-refractivity contribution in [1.82, 2.24) is 4.90 Å². The summed E-state index contributed by atoms with van der Waals surface area (Å²) in [6.07, 6.45) is 1.78. The number of carbonyl (C=O) groups excluding carboxylic acids is 1. The molecule has 2 aromatic carbocycles. The summed E-state index contributed by atoms with van der Waals surface area (Å²) in [7, 11) is 2.05. The summed E-state index contributed by atoms with van der Waals surface area (Å²) in [4.78, 5) is 28.2. The second-order valence-electron chi connectivity index (χ2n) is 7.57. The lowest BCUT2D eigenvalue weighted by molar-refractivity contribution is -0.139. The fraction of sp³-hybridized carbons (Fsp3) is 0.391. The van der Waals surface area contributed by atoms with Crippen molar-refractivity contribution in [3.8, 4) is 0 Å². The fourth-order valence-corrected chi connectivity index (χ4v) is 4.02. The Kier molecular flexibility index (Phi) is 6.69. The predicted molar refractivity (Wildman–Crippen MR) is 111 cm³/mol. The summed E-state index contributed by atoms with van der Waals surface area (Å²) in [6.45, 7) is 2.07. The maximum absolute atomic E-state index is 12.8. The van der Waals surface area contributed by atoms with Gasteiger partial charge in [0.05, 0.1) is 0 Å². The first-order chi connectivity index (χ1) is 13.5. The number of para-hydroxylation sites is 1. The van der Waals surface area contributed by atoms with Gasteiger partial charge in [0.2, 0.25) is 0 Å². The van der Waals surface area contributed by atoms with Gasteiger partial charge in [-0.05, 0) is 48.9 Å². The lowest BCUT2D eigenvalue weighted by atomic mass is 9.81. The van der Waals surface area contributed by atoms with Crippen LogP contribution in [0.2, 0.25) is 0 Å². The van der Waals surface area contributed by atoms with Crippen LogP contribution >= 0.6 is 0 Å². The van der Waals surface area contributed by atoms with E-state index in [2.05, 4.69) is 24.1 Å². The molecular weight excluding hydrogens is 352 g/mol. The van der Waals surface area contributed by atoms with Crippen LogP contribution in [-0.4, -0.2) is 48.6 Å². The van der Waals surface area contributed by atoms with E-state index >= 15 is 0 Å². The third-order valence-corrected chi connectivity index (χ3v) is 5.67. The molecule has 5 heteroatoms. The standard InChI is InChI=1S/C23H28N2O3/c1-24(21-10-6-3-7-11-21)14-12-20-17-25(15-13-19(20)16-22(26)27)23(28)18-8-4-2-5-9-18/h2-11,19-20H,12-17H2,1H3,(H,26,27)/t19-,20-/m0/s1. The highest BCUT2D eigenvalue weighted by Crippen LogP contribution is 2.30. The first kappa shape index (κ1) is 19.9. The number of carbonyl (C=O) groups is 2. The molecule has 1 heterocycles. The van der Waals surface area contributed by atoms with Gasteiger partial charge < -0.3 is 14.9 Å². The topological polar surface area (TPSA) is 60.9 Å². The average Bonchev–Trinajstić information content (AvgIpc) is 2.73. The van der Waals surface area contributed by atoms with E-state index in [9.17, 15) is 14.7 Å². The Morgan fingerprint density at radius 2 is 1.68 bits per heavy atom. The average molecular weight is 380 g/mol. The molecule has 2 atom stereocenters. The molecule has 1 saturated heterocycles. The van der Waals surface area contributed by atoms with E-state index in [1.165, 1.54) is 0 Å². The van der Waals surface area contributed by atoms with Crippen molar-refractivity contribution in [1.29, 1.82) is 0 Å². The van der Waals surface area contributed by atoms with Crippen molar-refractivity contribution in [2.75, 3.05) is 31.6 Å². The Hall–Kier alpha value is -2.82. The molecule has 0 aliphatic carbocycles. The van der Waals surface area contributed by atoms with Crippen LogP contribution in [0.1, 0.15) is 29.6 Å². The number of likely N-dealkylation sites (tertiary alicyclic amines) is 1. The summed E-state index contributed by atoms with van der Waals surface area (Å²) in [5, 5.41) is 9.30. The van der Waals surface area contributed by atoms with E-state index in [0.717, 1.165) is 25.1 Å². The van der Waals surface area contributed by atoms with E-state index in [-0.39, 0.29) is 24.2 Å². The Bertz CT molecular complexity index is 779. The first-order valence-electron chi connectivity index (χ1n) is 9.87. The molecule has 0 saturated carbocycles. The second kappa shape index (κ2) is 9.40. The Morgan fingerprint density at radius 1 is 1.04 bits per heavy atom. The molecule has 0 radical (unpaired) electrons. The van der Waals surface area contributed by atoms with Crippen molar-refractivity contribution < 1.29 is 14.7 Å². The molecule has 148 valence electrons. The van der Waals surface area contributed by atoms with E-state index in [1.807, 2.05) is 53.4 Å². The highest BCUT2D eigenvalue weighted by atomic mass is 16.4. The maximum Gasteiger partial charge on any atom is 0.303 e. The third-order valence-electron chi connectivity index (χ3n) is 5.67. The monoisotopic (exact) mass is 380 g/mol. The number of anilines is 1. The molecule has 1 aliphatic heterocycles. The quantitative estimate of drug-likeness (QED) is 0.794. The van der Waals surface area contributed by atoms with Gasteiger partial charge in [0.1, 0.15) is 0 Å². The van der Waals surface area contributed by atoms with E-state index in [0.29, 0.717) is 18.7 Å². The minimum atomic E-state index is -0.755. The summed E-state index contributed by atoms with van der Waals surface area (Å²) < 4.78 is 0. The number of hydrogen-bond acceptors (Lipinski definition) is 3. The number of hydrogen-bond donors (Lipinski definition) is 1. The largest absolute Gasteiger partial charge is 0.481 e. The summed E-state index contributed by atoms with van der Waals surface area (Å²) in [6, 6.07) is 19.5. The number of carboxylic acid groups (broad SMARTS) is 1. The molecule has 0 spiro atoms. The Morgan fingerprint density at radius 3 is 2.32 bits per heavy atom. The van der Waals surface area contributed by atoms with Gasteiger partial charge in [0, 0.05) is 44.4 Å². The van der Waals surface area contributed by atoms with Gasteiger partial charge in [-0.25, -0.2) is 0 Å². The SMILES string of the molecule is CN(CC[C@H]1CN(C(=O)c2ccccc2)CC[C@H]1CC(=O)O)c1ccccc1. The molecule has 1 N–H and O–H groups in total. The number of piperidine rings is 1. The first-order valence-corrected chi connectivity index (χ1v) is 9.87. The van der Waals surface area contributed by atoms with Crippen LogP contribution in [0, 0.1) is 11.8 Å². The van der Waals surface area contributed by atoms with Crippen LogP contribution in [0.5, 0.6) is 0 Å². The van der Waals surface area contributed by atoms with Crippen molar-refractivity contribution in [2.24, 2.45) is 11.8 Å². The number of benzene rings is 2. The molecule has 3 rings (SSSR count). The highest BCUT2D eigenvalue weighted by molar-refractivity contribution is 5.94. The van der Waals surface area contributed by atoms with Gasteiger partial charge >= 0.3 is 5.97 Å². The molecule has 0 bridgehead atoms. The predicted octanol–water partition coefficient (Wildman–Crippen LogP) is 3.77. The van der Waals surface area contributed by atoms with E-state index in [1.54, 1.807) is 0 Å². The third kappa shape index (κ3) is 5.12. The molecule has 1 amide bonds. The number of nitrogens with zero attached hydrogens (tertiary/aromatic N) is 2. The van der Waals surface area contributed by atoms with Gasteiger partial charge in [-0.1, -0.05) is 36.4 Å². The summed E-state index contributed by atoms with van der Waals surface area (Å²) >= 11 is 0. The Labute approximate surface area is 166 Å². The molecule has 2 aromatic rings.